The summed E-state index contributed by atoms with van der Waals surface area (Å²) < 4.78 is 0. The van der Waals surface area contributed by atoms with Crippen LogP contribution in [0.3, 0.4) is 0 Å². The molecule has 1 saturated carbocycles. The van der Waals surface area contributed by atoms with E-state index in [4.69, 9.17) is 10.8 Å². The first-order valence-corrected chi connectivity index (χ1v) is 6.52. The van der Waals surface area contributed by atoms with E-state index in [1.165, 1.54) is 19.3 Å². The van der Waals surface area contributed by atoms with E-state index in [0.717, 1.165) is 18.8 Å². The smallest absolute Gasteiger partial charge is 0.304 e. The Balaban J connectivity index is 2.37. The summed E-state index contributed by atoms with van der Waals surface area (Å²) in [6, 6.07) is -0.176. The van der Waals surface area contributed by atoms with Crippen LogP contribution in [0.5, 0.6) is 0 Å². The number of nitrogens with two attached hydrogens (primary N) is 1. The molecule has 0 amide bonds. The highest BCUT2D eigenvalue weighted by Crippen LogP contribution is 2.37. The van der Waals surface area contributed by atoms with Gasteiger partial charge in [0.15, 0.2) is 0 Å². The Bertz CT molecular complexity index is 226. The summed E-state index contributed by atoms with van der Waals surface area (Å²) in [4.78, 5) is 10.6. The SMILES string of the molecule is CCC(CC(C)C1CCC1)C(N)CC(=O)O. The van der Waals surface area contributed by atoms with Gasteiger partial charge in [-0.3, -0.25) is 4.79 Å². The van der Waals surface area contributed by atoms with Gasteiger partial charge in [-0.15, -0.1) is 0 Å². The van der Waals surface area contributed by atoms with Gasteiger partial charge in [-0.2, -0.15) is 0 Å². The summed E-state index contributed by atoms with van der Waals surface area (Å²) in [6.07, 6.45) is 6.27. The molecule has 0 aliphatic heterocycles. The van der Waals surface area contributed by atoms with Crippen LogP contribution >= 0.6 is 0 Å². The average molecular weight is 227 g/mol. The summed E-state index contributed by atoms with van der Waals surface area (Å²) in [5.74, 6) is 1.17. The van der Waals surface area contributed by atoms with Gasteiger partial charge in [0.2, 0.25) is 0 Å². The number of hydrogen-bond donors (Lipinski definition) is 2. The van der Waals surface area contributed by atoms with Gasteiger partial charge in [-0.05, 0) is 24.2 Å². The Hall–Kier alpha value is -0.570. The van der Waals surface area contributed by atoms with Gasteiger partial charge in [0.25, 0.3) is 0 Å². The van der Waals surface area contributed by atoms with Crippen molar-refractivity contribution in [3.8, 4) is 0 Å². The van der Waals surface area contributed by atoms with E-state index in [0.29, 0.717) is 11.8 Å². The number of carboxylic acid groups (broad SMARTS) is 1. The fourth-order valence-electron chi connectivity index (χ4n) is 2.69. The molecular weight excluding hydrogens is 202 g/mol. The van der Waals surface area contributed by atoms with Gasteiger partial charge in [0.05, 0.1) is 6.42 Å². The highest BCUT2D eigenvalue weighted by molar-refractivity contribution is 5.67. The molecule has 0 aromatic rings. The molecule has 1 aliphatic rings. The van der Waals surface area contributed by atoms with E-state index in [-0.39, 0.29) is 12.5 Å². The molecule has 0 aromatic carbocycles. The molecule has 0 bridgehead atoms. The maximum atomic E-state index is 10.6. The van der Waals surface area contributed by atoms with Crippen LogP contribution in [0, 0.1) is 17.8 Å². The molecule has 1 fully saturated rings. The lowest BCUT2D eigenvalue weighted by Crippen LogP contribution is -2.34. The van der Waals surface area contributed by atoms with Gasteiger partial charge in [0, 0.05) is 6.04 Å². The van der Waals surface area contributed by atoms with E-state index in [9.17, 15) is 4.79 Å². The molecule has 94 valence electrons. The molecule has 0 heterocycles. The summed E-state index contributed by atoms with van der Waals surface area (Å²) in [5.41, 5.74) is 5.96. The first kappa shape index (κ1) is 13.5. The highest BCUT2D eigenvalue weighted by atomic mass is 16.4. The molecular formula is C13H25NO2. The highest BCUT2D eigenvalue weighted by Gasteiger charge is 2.28. The van der Waals surface area contributed by atoms with Crippen molar-refractivity contribution in [1.29, 1.82) is 0 Å². The maximum absolute atomic E-state index is 10.6. The Morgan fingerprint density at radius 2 is 2.12 bits per heavy atom. The van der Waals surface area contributed by atoms with Crippen LogP contribution < -0.4 is 5.73 Å². The Morgan fingerprint density at radius 1 is 1.50 bits per heavy atom. The van der Waals surface area contributed by atoms with Crippen molar-refractivity contribution in [3.05, 3.63) is 0 Å². The van der Waals surface area contributed by atoms with Gasteiger partial charge in [-0.25, -0.2) is 0 Å². The van der Waals surface area contributed by atoms with E-state index in [1.54, 1.807) is 0 Å². The van der Waals surface area contributed by atoms with Crippen molar-refractivity contribution < 1.29 is 9.90 Å². The molecule has 0 aromatic heterocycles. The van der Waals surface area contributed by atoms with Gasteiger partial charge < -0.3 is 10.8 Å². The first-order valence-electron chi connectivity index (χ1n) is 6.52. The van der Waals surface area contributed by atoms with Crippen LogP contribution in [-0.4, -0.2) is 17.1 Å². The number of rotatable bonds is 7. The molecule has 0 radical (unpaired) electrons. The molecule has 1 rings (SSSR count). The Morgan fingerprint density at radius 3 is 2.50 bits per heavy atom. The lowest BCUT2D eigenvalue weighted by Gasteiger charge is -2.34. The number of aliphatic carboxylic acids is 1. The first-order chi connectivity index (χ1) is 7.54. The Labute approximate surface area is 98.4 Å². The van der Waals surface area contributed by atoms with Crippen molar-refractivity contribution in [1.82, 2.24) is 0 Å². The maximum Gasteiger partial charge on any atom is 0.304 e. The molecule has 0 saturated heterocycles. The van der Waals surface area contributed by atoms with Crippen molar-refractivity contribution in [2.24, 2.45) is 23.5 Å². The second kappa shape index (κ2) is 6.24. The quantitative estimate of drug-likeness (QED) is 0.702. The average Bonchev–Trinajstić information content (AvgIpc) is 2.09. The van der Waals surface area contributed by atoms with Gasteiger partial charge in [-0.1, -0.05) is 39.5 Å². The van der Waals surface area contributed by atoms with Crippen LogP contribution in [-0.2, 0) is 4.79 Å². The molecule has 3 heteroatoms. The zero-order chi connectivity index (χ0) is 12.1. The van der Waals surface area contributed by atoms with E-state index < -0.39 is 5.97 Å². The third-order valence-corrected chi connectivity index (χ3v) is 4.17. The third-order valence-electron chi connectivity index (χ3n) is 4.17. The normalized spacial score (nSPS) is 22.2. The van der Waals surface area contributed by atoms with Gasteiger partial charge in [0.1, 0.15) is 0 Å². The molecule has 0 spiro atoms. The fourth-order valence-corrected chi connectivity index (χ4v) is 2.69. The van der Waals surface area contributed by atoms with Crippen molar-refractivity contribution >= 4 is 5.97 Å². The largest absolute Gasteiger partial charge is 0.481 e. The molecule has 16 heavy (non-hydrogen) atoms. The molecule has 3 atom stereocenters. The summed E-state index contributed by atoms with van der Waals surface area (Å²) in [5, 5.41) is 8.75. The Kier molecular flexibility index (Phi) is 5.26. The van der Waals surface area contributed by atoms with E-state index in [1.807, 2.05) is 0 Å². The molecule has 1 aliphatic carbocycles. The predicted molar refractivity (Wildman–Crippen MR) is 65.1 cm³/mol. The van der Waals surface area contributed by atoms with Crippen LogP contribution in [0.4, 0.5) is 0 Å². The number of carboxylic acids is 1. The zero-order valence-electron chi connectivity index (χ0n) is 10.5. The van der Waals surface area contributed by atoms with Crippen molar-refractivity contribution in [3.63, 3.8) is 0 Å². The second-order valence-electron chi connectivity index (χ2n) is 5.33. The van der Waals surface area contributed by atoms with Crippen LogP contribution in [0.15, 0.2) is 0 Å². The van der Waals surface area contributed by atoms with Crippen LogP contribution in [0.1, 0.15) is 52.4 Å². The van der Waals surface area contributed by atoms with Gasteiger partial charge >= 0.3 is 5.97 Å². The van der Waals surface area contributed by atoms with E-state index in [2.05, 4.69) is 13.8 Å². The zero-order valence-corrected chi connectivity index (χ0v) is 10.5. The molecule has 3 nitrogen and oxygen atoms in total. The third kappa shape index (κ3) is 3.78. The topological polar surface area (TPSA) is 63.3 Å². The molecule has 3 unspecified atom stereocenters. The lowest BCUT2D eigenvalue weighted by atomic mass is 9.72. The minimum Gasteiger partial charge on any atom is -0.481 e. The van der Waals surface area contributed by atoms with Crippen molar-refractivity contribution in [2.75, 3.05) is 0 Å². The van der Waals surface area contributed by atoms with E-state index >= 15 is 0 Å². The standard InChI is InChI=1S/C13H25NO2/c1-3-10(12(14)8-13(15)16)7-9(2)11-5-4-6-11/h9-12H,3-8,14H2,1-2H3,(H,15,16). The molecule has 3 N–H and O–H groups in total. The fraction of sp³-hybridized carbons (Fsp3) is 0.923. The predicted octanol–water partition coefficient (Wildman–Crippen LogP) is 2.64. The second-order valence-corrected chi connectivity index (χ2v) is 5.33. The van der Waals surface area contributed by atoms with Crippen LogP contribution in [0.25, 0.3) is 0 Å². The van der Waals surface area contributed by atoms with Crippen LogP contribution in [0.2, 0.25) is 0 Å². The summed E-state index contributed by atoms with van der Waals surface area (Å²) in [6.45, 7) is 4.40. The summed E-state index contributed by atoms with van der Waals surface area (Å²) in [7, 11) is 0. The minimum atomic E-state index is -0.776. The number of carbonyl (C=O) groups is 1. The minimum absolute atomic E-state index is 0.107. The van der Waals surface area contributed by atoms with Crippen molar-refractivity contribution in [2.45, 2.75) is 58.4 Å². The lowest BCUT2D eigenvalue weighted by molar-refractivity contribution is -0.137. The monoisotopic (exact) mass is 227 g/mol. The summed E-state index contributed by atoms with van der Waals surface area (Å²) >= 11 is 0. The number of hydrogen-bond acceptors (Lipinski definition) is 2.